The number of aromatic nitrogens is 3. The first-order chi connectivity index (χ1) is 11.1. The van der Waals surface area contributed by atoms with Gasteiger partial charge < -0.3 is 9.84 Å². The van der Waals surface area contributed by atoms with Gasteiger partial charge in [0, 0.05) is 24.9 Å². The fourth-order valence-corrected chi connectivity index (χ4v) is 3.45. The molecule has 0 fully saturated rings. The van der Waals surface area contributed by atoms with Gasteiger partial charge >= 0.3 is 0 Å². The number of rotatable bonds is 6. The molecular weight excluding hydrogens is 332 g/mol. The van der Waals surface area contributed by atoms with Crippen LogP contribution in [0.5, 0.6) is 0 Å². The molecule has 1 N–H and O–H groups in total. The van der Waals surface area contributed by atoms with Gasteiger partial charge in [0.2, 0.25) is 5.91 Å². The van der Waals surface area contributed by atoms with Gasteiger partial charge in [0.15, 0.2) is 5.76 Å². The number of hydrogen-bond donors (Lipinski definition) is 1. The predicted molar refractivity (Wildman–Crippen MR) is 92.6 cm³/mol. The van der Waals surface area contributed by atoms with Crippen molar-refractivity contribution >= 4 is 34.8 Å². The lowest BCUT2D eigenvalue weighted by Gasteiger charge is -2.04. The van der Waals surface area contributed by atoms with Gasteiger partial charge in [-0.05, 0) is 18.4 Å². The molecule has 0 saturated carbocycles. The molecule has 3 aromatic heterocycles. The van der Waals surface area contributed by atoms with E-state index >= 15 is 0 Å². The lowest BCUT2D eigenvalue weighted by Crippen LogP contribution is -2.16. The van der Waals surface area contributed by atoms with E-state index in [1.54, 1.807) is 23.1 Å². The number of carbonyl (C=O) groups excluding carboxylic acids is 1. The molecule has 3 heterocycles. The summed E-state index contributed by atoms with van der Waals surface area (Å²) in [5, 5.41) is 13.1. The third-order valence-electron chi connectivity index (χ3n) is 3.08. The molecule has 1 amide bonds. The summed E-state index contributed by atoms with van der Waals surface area (Å²) in [6.45, 7) is 1.89. The van der Waals surface area contributed by atoms with E-state index in [1.165, 1.54) is 11.8 Å². The highest BCUT2D eigenvalue weighted by molar-refractivity contribution is 7.99. The monoisotopic (exact) mass is 348 g/mol. The minimum Gasteiger partial charge on any atom is -0.355 e. The van der Waals surface area contributed by atoms with Crippen LogP contribution in [0, 0.1) is 6.92 Å². The Morgan fingerprint density at radius 2 is 2.35 bits per heavy atom. The fraction of sp³-hybridized carbons (Fsp3) is 0.267. The number of hydrogen-bond acceptors (Lipinski definition) is 6. The fourth-order valence-electron chi connectivity index (χ4n) is 2.07. The van der Waals surface area contributed by atoms with Gasteiger partial charge in [0.05, 0.1) is 22.0 Å². The highest BCUT2D eigenvalue weighted by atomic mass is 32.2. The van der Waals surface area contributed by atoms with E-state index in [4.69, 9.17) is 4.52 Å². The first-order valence-corrected chi connectivity index (χ1v) is 9.03. The molecule has 3 rings (SSSR count). The number of nitrogens with one attached hydrogen (secondary N) is 1. The molecule has 0 aromatic carbocycles. The molecule has 0 unspecified atom stereocenters. The molecule has 0 saturated heterocycles. The summed E-state index contributed by atoms with van der Waals surface area (Å²) in [4.78, 5) is 13.0. The van der Waals surface area contributed by atoms with Crippen molar-refractivity contribution in [3.05, 3.63) is 41.0 Å². The lowest BCUT2D eigenvalue weighted by molar-refractivity contribution is -0.113. The second-order valence-corrected chi connectivity index (χ2v) is 6.93. The largest absolute Gasteiger partial charge is 0.355 e. The number of nitrogens with zero attached hydrogens (tertiary/aromatic N) is 3. The van der Waals surface area contributed by atoms with E-state index in [-0.39, 0.29) is 5.91 Å². The van der Waals surface area contributed by atoms with E-state index in [1.807, 2.05) is 36.6 Å². The van der Waals surface area contributed by atoms with Gasteiger partial charge in [0.1, 0.15) is 5.82 Å². The van der Waals surface area contributed by atoms with Crippen molar-refractivity contribution in [3.63, 3.8) is 0 Å². The number of carbonyl (C=O) groups is 1. The Hall–Kier alpha value is -2.06. The summed E-state index contributed by atoms with van der Waals surface area (Å²) in [5.41, 5.74) is 1.71. The second-order valence-electron chi connectivity index (χ2n) is 5.00. The van der Waals surface area contributed by atoms with Crippen LogP contribution in [-0.4, -0.2) is 26.6 Å². The van der Waals surface area contributed by atoms with E-state index in [2.05, 4.69) is 15.6 Å². The maximum Gasteiger partial charge on any atom is 0.235 e. The number of thiophene rings is 1. The van der Waals surface area contributed by atoms with Crippen LogP contribution in [0.3, 0.4) is 0 Å². The maximum atomic E-state index is 11.9. The Morgan fingerprint density at radius 1 is 1.48 bits per heavy atom. The summed E-state index contributed by atoms with van der Waals surface area (Å²) in [5.74, 6) is 2.40. The number of aryl methyl sites for hydroxylation is 2. The quantitative estimate of drug-likeness (QED) is 0.740. The van der Waals surface area contributed by atoms with Gasteiger partial charge in [-0.25, -0.2) is 0 Å². The molecule has 23 heavy (non-hydrogen) atoms. The number of anilines is 1. The first kappa shape index (κ1) is 15.8. The highest BCUT2D eigenvalue weighted by Gasteiger charge is 2.10. The van der Waals surface area contributed by atoms with E-state index in [0.717, 1.165) is 22.0 Å². The zero-order valence-corrected chi connectivity index (χ0v) is 14.4. The van der Waals surface area contributed by atoms with Crippen LogP contribution in [0.1, 0.15) is 11.4 Å². The van der Waals surface area contributed by atoms with Crippen LogP contribution in [0.15, 0.2) is 34.2 Å². The summed E-state index contributed by atoms with van der Waals surface area (Å²) in [6, 6.07) is 7.72. The molecule has 3 aromatic rings. The Bertz CT molecular complexity index is 792. The van der Waals surface area contributed by atoms with Crippen LogP contribution < -0.4 is 5.32 Å². The number of amides is 1. The Labute approximate surface area is 141 Å². The molecule has 6 nitrogen and oxygen atoms in total. The molecule has 0 aliphatic heterocycles. The molecule has 0 radical (unpaired) electrons. The van der Waals surface area contributed by atoms with Gasteiger partial charge in [-0.3, -0.25) is 9.48 Å². The van der Waals surface area contributed by atoms with Crippen LogP contribution in [-0.2, 0) is 17.6 Å². The molecule has 0 spiro atoms. The third-order valence-corrected chi connectivity index (χ3v) is 4.93. The van der Waals surface area contributed by atoms with Crippen molar-refractivity contribution in [1.29, 1.82) is 0 Å². The van der Waals surface area contributed by atoms with Crippen molar-refractivity contribution in [3.8, 4) is 10.6 Å². The van der Waals surface area contributed by atoms with Crippen molar-refractivity contribution in [1.82, 2.24) is 14.9 Å². The molecule has 0 aliphatic rings. The Kier molecular flexibility index (Phi) is 4.82. The minimum absolute atomic E-state index is 0.0556. The zero-order valence-electron chi connectivity index (χ0n) is 12.8. The zero-order chi connectivity index (χ0) is 16.2. The minimum atomic E-state index is -0.0556. The molecule has 0 atom stereocenters. The lowest BCUT2D eigenvalue weighted by atomic mass is 10.3. The van der Waals surface area contributed by atoms with Crippen LogP contribution >= 0.6 is 23.1 Å². The second kappa shape index (κ2) is 7.01. The topological polar surface area (TPSA) is 73.0 Å². The van der Waals surface area contributed by atoms with Crippen molar-refractivity contribution in [2.75, 3.05) is 11.1 Å². The third kappa shape index (κ3) is 4.02. The standard InChI is InChI=1S/C15H16N4O2S2/c1-10-6-14(19(2)17-10)16-15(20)9-22-8-11-7-12(21-18-11)13-4-3-5-23-13/h3-7H,8-9H2,1-2H3,(H,16,20). The van der Waals surface area contributed by atoms with Gasteiger partial charge in [0.25, 0.3) is 0 Å². The molecule has 0 bridgehead atoms. The molecule has 0 aliphatic carbocycles. The number of thioether (sulfide) groups is 1. The predicted octanol–water partition coefficient (Wildman–Crippen LogP) is 3.32. The average Bonchev–Trinajstić information content (AvgIpc) is 3.21. The first-order valence-electron chi connectivity index (χ1n) is 6.99. The van der Waals surface area contributed by atoms with E-state index in [0.29, 0.717) is 17.3 Å². The summed E-state index contributed by atoms with van der Waals surface area (Å²) in [7, 11) is 1.80. The average molecular weight is 348 g/mol. The van der Waals surface area contributed by atoms with E-state index in [9.17, 15) is 4.79 Å². The maximum absolute atomic E-state index is 11.9. The smallest absolute Gasteiger partial charge is 0.235 e. The SMILES string of the molecule is Cc1cc(NC(=O)CSCc2cc(-c3cccs3)on2)n(C)n1. The molecular formula is C15H16N4O2S2. The van der Waals surface area contributed by atoms with Crippen LogP contribution in [0.2, 0.25) is 0 Å². The molecule has 120 valence electrons. The van der Waals surface area contributed by atoms with Gasteiger partial charge in [-0.2, -0.15) is 5.10 Å². The van der Waals surface area contributed by atoms with E-state index < -0.39 is 0 Å². The van der Waals surface area contributed by atoms with Crippen molar-refractivity contribution < 1.29 is 9.32 Å². The normalized spacial score (nSPS) is 10.9. The summed E-state index contributed by atoms with van der Waals surface area (Å²) in [6.07, 6.45) is 0. The van der Waals surface area contributed by atoms with Crippen molar-refractivity contribution in [2.45, 2.75) is 12.7 Å². The van der Waals surface area contributed by atoms with Gasteiger partial charge in [-0.15, -0.1) is 23.1 Å². The Balaban J connectivity index is 1.48. The van der Waals surface area contributed by atoms with Crippen molar-refractivity contribution in [2.24, 2.45) is 7.05 Å². The van der Waals surface area contributed by atoms with Gasteiger partial charge in [-0.1, -0.05) is 11.2 Å². The summed E-state index contributed by atoms with van der Waals surface area (Å²) >= 11 is 3.11. The van der Waals surface area contributed by atoms with Crippen LogP contribution in [0.4, 0.5) is 5.82 Å². The summed E-state index contributed by atoms with van der Waals surface area (Å²) < 4.78 is 6.97. The Morgan fingerprint density at radius 3 is 3.04 bits per heavy atom. The highest BCUT2D eigenvalue weighted by Crippen LogP contribution is 2.26. The van der Waals surface area contributed by atoms with Crippen LogP contribution in [0.25, 0.3) is 10.6 Å². The molecule has 8 heteroatoms.